The van der Waals surface area contributed by atoms with E-state index in [1.165, 1.54) is 0 Å². The molecular formula is C8H15NOS2. The van der Waals surface area contributed by atoms with Gasteiger partial charge in [0.25, 0.3) is 0 Å². The van der Waals surface area contributed by atoms with Crippen LogP contribution >= 0.6 is 23.5 Å². The van der Waals surface area contributed by atoms with Crippen molar-refractivity contribution in [2.75, 3.05) is 36.6 Å². The number of carbonyl (C=O) groups is 1. The Hall–Kier alpha value is 0.170. The van der Waals surface area contributed by atoms with Crippen LogP contribution in [0, 0.1) is 0 Å². The second kappa shape index (κ2) is 5.75. The zero-order valence-electron chi connectivity index (χ0n) is 7.41. The molecule has 0 aliphatic carbocycles. The highest BCUT2D eigenvalue weighted by Crippen LogP contribution is 2.10. The maximum atomic E-state index is 11.5. The standard InChI is InChI=1S/C8H15NOS2/c1-11-5-2-8(10)9-3-6-12-7-4-9/h2-7H2,1H3. The van der Waals surface area contributed by atoms with Crippen molar-refractivity contribution >= 4 is 29.4 Å². The average Bonchev–Trinajstić information content (AvgIpc) is 2.15. The summed E-state index contributed by atoms with van der Waals surface area (Å²) in [5.74, 6) is 3.53. The third-order valence-electron chi connectivity index (χ3n) is 1.88. The Balaban J connectivity index is 2.20. The Kier molecular flexibility index (Phi) is 4.92. The molecule has 0 aromatic carbocycles. The lowest BCUT2D eigenvalue weighted by Crippen LogP contribution is -2.37. The molecule has 0 bridgehead atoms. The molecule has 1 amide bonds. The van der Waals surface area contributed by atoms with E-state index in [0.717, 1.165) is 30.3 Å². The van der Waals surface area contributed by atoms with Crippen LogP contribution in [0.1, 0.15) is 6.42 Å². The van der Waals surface area contributed by atoms with Crippen molar-refractivity contribution < 1.29 is 4.79 Å². The van der Waals surface area contributed by atoms with Gasteiger partial charge in [0.05, 0.1) is 0 Å². The van der Waals surface area contributed by atoms with Gasteiger partial charge in [-0.25, -0.2) is 0 Å². The molecule has 0 radical (unpaired) electrons. The minimum Gasteiger partial charge on any atom is -0.341 e. The lowest BCUT2D eigenvalue weighted by atomic mass is 10.4. The Morgan fingerprint density at radius 2 is 2.17 bits per heavy atom. The number of rotatable bonds is 3. The highest BCUT2D eigenvalue weighted by molar-refractivity contribution is 7.99. The summed E-state index contributed by atoms with van der Waals surface area (Å²) in [5, 5.41) is 0. The molecule has 1 aliphatic rings. The molecule has 0 atom stereocenters. The first-order valence-electron chi connectivity index (χ1n) is 4.19. The Morgan fingerprint density at radius 1 is 1.50 bits per heavy atom. The van der Waals surface area contributed by atoms with E-state index in [4.69, 9.17) is 0 Å². The molecule has 0 aromatic heterocycles. The van der Waals surface area contributed by atoms with Crippen LogP contribution in [0.4, 0.5) is 0 Å². The largest absolute Gasteiger partial charge is 0.341 e. The fourth-order valence-corrected chi connectivity index (χ4v) is 2.44. The van der Waals surface area contributed by atoms with Gasteiger partial charge >= 0.3 is 0 Å². The van der Waals surface area contributed by atoms with E-state index in [-0.39, 0.29) is 0 Å². The SMILES string of the molecule is CSCCC(=O)N1CCSCC1. The maximum Gasteiger partial charge on any atom is 0.223 e. The topological polar surface area (TPSA) is 20.3 Å². The van der Waals surface area contributed by atoms with Gasteiger partial charge in [0.1, 0.15) is 0 Å². The second-order valence-corrected chi connectivity index (χ2v) is 4.95. The Morgan fingerprint density at radius 3 is 2.75 bits per heavy atom. The average molecular weight is 205 g/mol. The molecule has 1 saturated heterocycles. The summed E-state index contributed by atoms with van der Waals surface area (Å²) in [5.41, 5.74) is 0. The van der Waals surface area contributed by atoms with E-state index in [9.17, 15) is 4.79 Å². The van der Waals surface area contributed by atoms with Gasteiger partial charge in [-0.3, -0.25) is 4.79 Å². The summed E-state index contributed by atoms with van der Waals surface area (Å²) in [6.45, 7) is 1.91. The minimum atomic E-state index is 0.338. The van der Waals surface area contributed by atoms with Crippen LogP contribution in [-0.4, -0.2) is 47.4 Å². The predicted octanol–water partition coefficient (Wildman–Crippen LogP) is 1.31. The molecule has 4 heteroatoms. The number of hydrogen-bond acceptors (Lipinski definition) is 3. The van der Waals surface area contributed by atoms with Crippen LogP contribution in [0.25, 0.3) is 0 Å². The van der Waals surface area contributed by atoms with Crippen molar-refractivity contribution in [3.63, 3.8) is 0 Å². The smallest absolute Gasteiger partial charge is 0.223 e. The first-order valence-corrected chi connectivity index (χ1v) is 6.74. The van der Waals surface area contributed by atoms with Gasteiger partial charge in [0, 0.05) is 36.8 Å². The van der Waals surface area contributed by atoms with E-state index in [0.29, 0.717) is 12.3 Å². The molecule has 0 unspecified atom stereocenters. The van der Waals surface area contributed by atoms with Crippen LogP contribution in [0.15, 0.2) is 0 Å². The highest BCUT2D eigenvalue weighted by Gasteiger charge is 2.15. The van der Waals surface area contributed by atoms with Gasteiger partial charge in [0.15, 0.2) is 0 Å². The van der Waals surface area contributed by atoms with Gasteiger partial charge in [-0.15, -0.1) is 0 Å². The van der Waals surface area contributed by atoms with Gasteiger partial charge in [-0.2, -0.15) is 23.5 Å². The van der Waals surface area contributed by atoms with Crippen molar-refractivity contribution in [2.45, 2.75) is 6.42 Å². The molecule has 70 valence electrons. The Labute approximate surface area is 82.5 Å². The summed E-state index contributed by atoms with van der Waals surface area (Å²) in [7, 11) is 0. The summed E-state index contributed by atoms with van der Waals surface area (Å²) in [6, 6.07) is 0. The molecule has 1 fully saturated rings. The monoisotopic (exact) mass is 205 g/mol. The van der Waals surface area contributed by atoms with Crippen molar-refractivity contribution in [3.8, 4) is 0 Å². The number of amides is 1. The normalized spacial score (nSPS) is 17.9. The van der Waals surface area contributed by atoms with Crippen LogP contribution < -0.4 is 0 Å². The first-order chi connectivity index (χ1) is 5.84. The fraction of sp³-hybridized carbons (Fsp3) is 0.875. The molecule has 1 heterocycles. The summed E-state index contributed by atoms with van der Waals surface area (Å²) >= 11 is 3.68. The molecule has 0 aromatic rings. The molecular weight excluding hydrogens is 190 g/mol. The minimum absolute atomic E-state index is 0.338. The third kappa shape index (κ3) is 3.27. The second-order valence-electron chi connectivity index (χ2n) is 2.74. The zero-order chi connectivity index (χ0) is 8.81. The van der Waals surface area contributed by atoms with E-state index in [1.54, 1.807) is 11.8 Å². The molecule has 1 aliphatic heterocycles. The van der Waals surface area contributed by atoms with Gasteiger partial charge in [0.2, 0.25) is 5.91 Å². The van der Waals surface area contributed by atoms with Crippen LogP contribution in [0.3, 0.4) is 0 Å². The Bertz CT molecular complexity index is 146. The zero-order valence-corrected chi connectivity index (χ0v) is 9.05. The first kappa shape index (κ1) is 10.3. The van der Waals surface area contributed by atoms with E-state index in [2.05, 4.69) is 0 Å². The van der Waals surface area contributed by atoms with E-state index < -0.39 is 0 Å². The fourth-order valence-electron chi connectivity index (χ4n) is 1.16. The number of hydrogen-bond donors (Lipinski definition) is 0. The summed E-state index contributed by atoms with van der Waals surface area (Å²) < 4.78 is 0. The van der Waals surface area contributed by atoms with Crippen LogP contribution in [0.5, 0.6) is 0 Å². The van der Waals surface area contributed by atoms with E-state index in [1.807, 2.05) is 22.9 Å². The molecule has 2 nitrogen and oxygen atoms in total. The van der Waals surface area contributed by atoms with E-state index >= 15 is 0 Å². The van der Waals surface area contributed by atoms with Gasteiger partial charge in [-0.1, -0.05) is 0 Å². The van der Waals surface area contributed by atoms with Gasteiger partial charge in [-0.05, 0) is 6.26 Å². The lowest BCUT2D eigenvalue weighted by molar-refractivity contribution is -0.130. The van der Waals surface area contributed by atoms with Crippen molar-refractivity contribution in [1.29, 1.82) is 0 Å². The molecule has 0 N–H and O–H groups in total. The maximum absolute atomic E-state index is 11.5. The summed E-state index contributed by atoms with van der Waals surface area (Å²) in [6.07, 6.45) is 2.76. The van der Waals surface area contributed by atoms with Crippen molar-refractivity contribution in [2.24, 2.45) is 0 Å². The van der Waals surface area contributed by atoms with Crippen LogP contribution in [-0.2, 0) is 4.79 Å². The highest BCUT2D eigenvalue weighted by atomic mass is 32.2. The molecule has 0 saturated carbocycles. The quantitative estimate of drug-likeness (QED) is 0.693. The van der Waals surface area contributed by atoms with Crippen LogP contribution in [0.2, 0.25) is 0 Å². The predicted molar refractivity (Wildman–Crippen MR) is 56.9 cm³/mol. The number of thioether (sulfide) groups is 2. The molecule has 12 heavy (non-hydrogen) atoms. The van der Waals surface area contributed by atoms with Crippen molar-refractivity contribution in [3.05, 3.63) is 0 Å². The van der Waals surface area contributed by atoms with Gasteiger partial charge < -0.3 is 4.90 Å². The van der Waals surface area contributed by atoms with Crippen molar-refractivity contribution in [1.82, 2.24) is 4.90 Å². The molecule has 0 spiro atoms. The third-order valence-corrected chi connectivity index (χ3v) is 3.44. The molecule has 1 rings (SSSR count). The number of carbonyl (C=O) groups excluding carboxylic acids is 1. The lowest BCUT2D eigenvalue weighted by Gasteiger charge is -2.26. The number of nitrogens with zero attached hydrogens (tertiary/aromatic N) is 1. The summed E-state index contributed by atoms with van der Waals surface area (Å²) in [4.78, 5) is 13.5.